The molecule has 0 radical (unpaired) electrons. The van der Waals surface area contributed by atoms with E-state index in [0.29, 0.717) is 5.69 Å². The largest absolute Gasteiger partial charge is 0.478 e. The van der Waals surface area contributed by atoms with Gasteiger partial charge in [0.25, 0.3) is 0 Å². The normalized spacial score (nSPS) is 11.1. The van der Waals surface area contributed by atoms with Crippen LogP contribution in [0.15, 0.2) is 58.8 Å². The molecule has 0 saturated heterocycles. The second-order valence-electron chi connectivity index (χ2n) is 6.11. The first-order valence-corrected chi connectivity index (χ1v) is 9.67. The monoisotopic (exact) mass is 462 g/mol. The van der Waals surface area contributed by atoms with Crippen LogP contribution in [0, 0.1) is 0 Å². The first-order valence-electron chi connectivity index (χ1n) is 9.14. The summed E-state index contributed by atoms with van der Waals surface area (Å²) in [6, 6.07) is 12.6. The van der Waals surface area contributed by atoms with Gasteiger partial charge in [0, 0.05) is 0 Å². The molecular formula is C20H19ClN4O7. The molecule has 168 valence electrons. The Labute approximate surface area is 187 Å². The fourth-order valence-electron chi connectivity index (χ4n) is 2.46. The maximum Gasteiger partial charge on any atom is 0.366 e. The molecule has 1 amide bonds. The van der Waals surface area contributed by atoms with Crippen LogP contribution in [0.2, 0.25) is 0 Å². The van der Waals surface area contributed by atoms with Crippen LogP contribution in [0.3, 0.4) is 0 Å². The molecule has 0 aliphatic rings. The van der Waals surface area contributed by atoms with E-state index in [0.717, 1.165) is 0 Å². The van der Waals surface area contributed by atoms with Crippen LogP contribution in [-0.2, 0) is 19.1 Å². The van der Waals surface area contributed by atoms with E-state index in [1.54, 1.807) is 54.7 Å². The van der Waals surface area contributed by atoms with Gasteiger partial charge in [-0.05, 0) is 31.2 Å². The lowest BCUT2D eigenvalue weighted by Gasteiger charge is -2.20. The number of nitrogens with zero attached hydrogens (tertiary/aromatic N) is 2. The quantitative estimate of drug-likeness (QED) is 0.181. The molecule has 0 heterocycles. The number of rotatable bonds is 10. The number of azo groups is 1. The number of carbonyl (C=O) groups excluding carboxylic acids is 2. The number of ether oxygens (including phenoxy) is 1. The summed E-state index contributed by atoms with van der Waals surface area (Å²) in [5.41, 5.74) is -2.16. The average Bonchev–Trinajstić information content (AvgIpc) is 2.77. The number of nitrogens with one attached hydrogen (secondary N) is 2. The Morgan fingerprint density at radius 1 is 1.00 bits per heavy atom. The highest BCUT2D eigenvalue weighted by Gasteiger charge is 2.49. The molecule has 11 nitrogen and oxygen atoms in total. The van der Waals surface area contributed by atoms with Crippen LogP contribution in [-0.4, -0.2) is 52.2 Å². The highest BCUT2D eigenvalue weighted by atomic mass is 35.5. The van der Waals surface area contributed by atoms with Gasteiger partial charge >= 0.3 is 23.6 Å². The minimum atomic E-state index is -3.08. The van der Waals surface area contributed by atoms with Crippen molar-refractivity contribution >= 4 is 52.5 Å². The van der Waals surface area contributed by atoms with Gasteiger partial charge in [0.2, 0.25) is 5.91 Å². The molecule has 0 bridgehead atoms. The molecule has 2 aromatic rings. The van der Waals surface area contributed by atoms with Crippen LogP contribution >= 0.6 is 11.6 Å². The Balaban J connectivity index is 2.45. The van der Waals surface area contributed by atoms with Crippen molar-refractivity contribution in [2.45, 2.75) is 12.6 Å². The number of para-hydroxylation sites is 2. The highest BCUT2D eigenvalue weighted by molar-refractivity contribution is 6.27. The van der Waals surface area contributed by atoms with E-state index < -0.39 is 35.4 Å². The number of anilines is 2. The molecule has 0 aliphatic heterocycles. The molecule has 0 saturated carbocycles. The highest BCUT2D eigenvalue weighted by Crippen LogP contribution is 2.30. The van der Waals surface area contributed by atoms with Gasteiger partial charge in [-0.1, -0.05) is 24.3 Å². The molecule has 0 fully saturated rings. The Morgan fingerprint density at radius 2 is 1.59 bits per heavy atom. The Morgan fingerprint density at radius 3 is 2.19 bits per heavy atom. The third-order valence-corrected chi connectivity index (χ3v) is 4.21. The number of hydrogen-bond donors (Lipinski definition) is 4. The lowest BCUT2D eigenvalue weighted by Crippen LogP contribution is -2.59. The van der Waals surface area contributed by atoms with E-state index in [4.69, 9.17) is 16.3 Å². The van der Waals surface area contributed by atoms with Crippen molar-refractivity contribution in [2.75, 3.05) is 17.8 Å². The third-order valence-electron chi connectivity index (χ3n) is 3.96. The van der Waals surface area contributed by atoms with E-state index in [1.165, 1.54) is 6.07 Å². The topological polar surface area (TPSA) is 167 Å². The summed E-state index contributed by atoms with van der Waals surface area (Å²) in [7, 11) is 0. The molecule has 0 aromatic heterocycles. The minimum Gasteiger partial charge on any atom is -0.478 e. The number of aliphatic carboxylic acids is 2. The summed E-state index contributed by atoms with van der Waals surface area (Å²) in [6.45, 7) is 1.85. The van der Waals surface area contributed by atoms with Gasteiger partial charge in [-0.15, -0.1) is 16.7 Å². The summed E-state index contributed by atoms with van der Waals surface area (Å²) in [5, 5.41) is 30.7. The first-order chi connectivity index (χ1) is 15.2. The second kappa shape index (κ2) is 10.9. The number of alkyl halides is 1. The van der Waals surface area contributed by atoms with E-state index in [-0.39, 0.29) is 23.5 Å². The van der Waals surface area contributed by atoms with E-state index in [1.807, 2.05) is 0 Å². The zero-order chi connectivity index (χ0) is 23.7. The Hall–Kier alpha value is -3.99. The minimum absolute atomic E-state index is 0.0400. The summed E-state index contributed by atoms with van der Waals surface area (Å²) < 4.78 is 5.03. The van der Waals surface area contributed by atoms with Gasteiger partial charge in [-0.3, -0.25) is 4.79 Å². The zero-order valence-electron chi connectivity index (χ0n) is 16.7. The second-order valence-corrected chi connectivity index (χ2v) is 6.38. The summed E-state index contributed by atoms with van der Waals surface area (Å²) in [4.78, 5) is 47.0. The number of carboxylic acids is 2. The molecule has 2 rings (SSSR count). The van der Waals surface area contributed by atoms with E-state index in [9.17, 15) is 29.4 Å². The van der Waals surface area contributed by atoms with Crippen molar-refractivity contribution < 1.29 is 34.1 Å². The van der Waals surface area contributed by atoms with E-state index >= 15 is 0 Å². The summed E-state index contributed by atoms with van der Waals surface area (Å²) in [6.07, 6.45) is 0. The number of carboxylic acid groups (broad SMARTS) is 2. The molecule has 4 N–H and O–H groups in total. The van der Waals surface area contributed by atoms with Crippen molar-refractivity contribution in [1.82, 2.24) is 5.32 Å². The van der Waals surface area contributed by atoms with Crippen LogP contribution in [0.1, 0.15) is 17.3 Å². The Kier molecular flexibility index (Phi) is 8.24. The first kappa shape index (κ1) is 24.3. The smallest absolute Gasteiger partial charge is 0.366 e. The third kappa shape index (κ3) is 5.58. The van der Waals surface area contributed by atoms with Crippen LogP contribution < -0.4 is 10.6 Å². The summed E-state index contributed by atoms with van der Waals surface area (Å²) >= 11 is 5.34. The maximum atomic E-state index is 12.2. The van der Waals surface area contributed by atoms with Crippen molar-refractivity contribution in [3.05, 3.63) is 54.1 Å². The zero-order valence-corrected chi connectivity index (χ0v) is 17.5. The molecule has 0 aliphatic carbocycles. The van der Waals surface area contributed by atoms with Gasteiger partial charge in [0.05, 0.1) is 23.5 Å². The van der Waals surface area contributed by atoms with E-state index in [2.05, 4.69) is 15.5 Å². The van der Waals surface area contributed by atoms with Crippen LogP contribution in [0.25, 0.3) is 0 Å². The standard InChI is InChI=1S/C20H19ClN4O7/c1-2-32-17(27)12-7-3-4-8-13(12)22-14-9-5-6-10-15(14)24-25-20(18(28)29,19(30)31)23-16(26)11-21/h3-10,22H,2,11H2,1H3,(H,23,26)(H,28,29)(H,30,31). The van der Waals surface area contributed by atoms with Crippen molar-refractivity contribution in [2.24, 2.45) is 10.2 Å². The van der Waals surface area contributed by atoms with Gasteiger partial charge in [-0.25, -0.2) is 14.4 Å². The molecular weight excluding hydrogens is 444 g/mol. The fourth-order valence-corrected chi connectivity index (χ4v) is 2.53. The predicted octanol–water partition coefficient (Wildman–Crippen LogP) is 2.91. The molecule has 32 heavy (non-hydrogen) atoms. The number of halogens is 1. The molecule has 0 atom stereocenters. The molecule has 2 aromatic carbocycles. The molecule has 0 unspecified atom stereocenters. The van der Waals surface area contributed by atoms with Gasteiger partial charge in [0.15, 0.2) is 0 Å². The number of amides is 1. The predicted molar refractivity (Wildman–Crippen MR) is 114 cm³/mol. The number of hydrogen-bond acceptors (Lipinski definition) is 8. The summed E-state index contributed by atoms with van der Waals surface area (Å²) in [5.74, 6) is -6.24. The SMILES string of the molecule is CCOC(=O)c1ccccc1Nc1ccccc1N=NC(NC(=O)CCl)(C(=O)O)C(=O)O. The number of esters is 1. The van der Waals surface area contributed by atoms with Crippen molar-refractivity contribution in [3.63, 3.8) is 0 Å². The van der Waals surface area contributed by atoms with Gasteiger partial charge < -0.3 is 25.6 Å². The van der Waals surface area contributed by atoms with Gasteiger partial charge in [-0.2, -0.15) is 5.11 Å². The van der Waals surface area contributed by atoms with Gasteiger partial charge in [0.1, 0.15) is 11.6 Å². The maximum absolute atomic E-state index is 12.2. The van der Waals surface area contributed by atoms with Crippen molar-refractivity contribution in [3.8, 4) is 0 Å². The number of carbonyl (C=O) groups is 4. The lowest BCUT2D eigenvalue weighted by molar-refractivity contribution is -0.160. The number of benzene rings is 2. The van der Waals surface area contributed by atoms with Crippen molar-refractivity contribution in [1.29, 1.82) is 0 Å². The Bertz CT molecular complexity index is 1040. The fraction of sp³-hybridized carbons (Fsp3) is 0.200. The van der Waals surface area contributed by atoms with Crippen LogP contribution in [0.4, 0.5) is 17.1 Å². The molecule has 0 spiro atoms. The van der Waals surface area contributed by atoms with Crippen LogP contribution in [0.5, 0.6) is 0 Å². The average molecular weight is 463 g/mol. The molecule has 12 heteroatoms. The lowest BCUT2D eigenvalue weighted by atomic mass is 10.1.